The van der Waals surface area contributed by atoms with Crippen molar-refractivity contribution in [1.82, 2.24) is 14.8 Å². The van der Waals surface area contributed by atoms with Crippen molar-refractivity contribution < 1.29 is 0 Å². The van der Waals surface area contributed by atoms with Crippen molar-refractivity contribution in [2.24, 2.45) is 11.7 Å². The van der Waals surface area contributed by atoms with Gasteiger partial charge in [0, 0.05) is 45.5 Å². The lowest BCUT2D eigenvalue weighted by Gasteiger charge is -2.35. The lowest BCUT2D eigenvalue weighted by atomic mass is 10.1. The zero-order chi connectivity index (χ0) is 13.7. The summed E-state index contributed by atoms with van der Waals surface area (Å²) < 4.78 is 0. The number of hydrogen-bond donors (Lipinski definition) is 1. The third-order valence-electron chi connectivity index (χ3n) is 3.93. The van der Waals surface area contributed by atoms with Gasteiger partial charge in [-0.15, -0.1) is 0 Å². The average molecular weight is 262 g/mol. The Balaban J connectivity index is 1.79. The molecule has 0 radical (unpaired) electrons. The van der Waals surface area contributed by atoms with Gasteiger partial charge in [0.1, 0.15) is 0 Å². The largest absolute Gasteiger partial charge is 0.330 e. The maximum absolute atomic E-state index is 5.69. The number of pyridine rings is 1. The molecule has 2 heterocycles. The molecule has 1 aromatic rings. The molecule has 4 nitrogen and oxygen atoms in total. The Morgan fingerprint density at radius 2 is 1.95 bits per heavy atom. The quantitative estimate of drug-likeness (QED) is 0.863. The molecule has 0 spiro atoms. The minimum Gasteiger partial charge on any atom is -0.330 e. The van der Waals surface area contributed by atoms with E-state index in [4.69, 9.17) is 5.73 Å². The number of aromatic nitrogens is 1. The zero-order valence-electron chi connectivity index (χ0n) is 12.2. The van der Waals surface area contributed by atoms with Crippen LogP contribution >= 0.6 is 0 Å². The molecule has 0 bridgehead atoms. The topological polar surface area (TPSA) is 45.4 Å². The van der Waals surface area contributed by atoms with Crippen molar-refractivity contribution in [3.05, 3.63) is 29.6 Å². The Hall–Kier alpha value is -0.970. The van der Waals surface area contributed by atoms with Gasteiger partial charge in [0.2, 0.25) is 0 Å². The third-order valence-corrected chi connectivity index (χ3v) is 3.93. The normalized spacial score (nSPS) is 19.5. The minimum atomic E-state index is 0.601. The van der Waals surface area contributed by atoms with Crippen molar-refractivity contribution in [1.29, 1.82) is 0 Å². The second-order valence-corrected chi connectivity index (χ2v) is 5.68. The summed E-state index contributed by atoms with van der Waals surface area (Å²) in [5.41, 5.74) is 8.20. The highest BCUT2D eigenvalue weighted by Crippen LogP contribution is 2.11. The summed E-state index contributed by atoms with van der Waals surface area (Å²) in [7, 11) is 0. The maximum atomic E-state index is 5.69. The summed E-state index contributed by atoms with van der Waals surface area (Å²) in [6.45, 7) is 11.8. The van der Waals surface area contributed by atoms with Gasteiger partial charge in [0.25, 0.3) is 0 Å². The van der Waals surface area contributed by atoms with E-state index in [0.717, 1.165) is 45.8 Å². The first-order chi connectivity index (χ1) is 9.19. The Kier molecular flexibility index (Phi) is 5.31. The van der Waals surface area contributed by atoms with Gasteiger partial charge in [0.15, 0.2) is 0 Å². The lowest BCUT2D eigenvalue weighted by Crippen LogP contribution is -2.47. The van der Waals surface area contributed by atoms with Crippen LogP contribution in [0.2, 0.25) is 0 Å². The molecule has 19 heavy (non-hydrogen) atoms. The summed E-state index contributed by atoms with van der Waals surface area (Å²) in [6, 6.07) is 4.15. The van der Waals surface area contributed by atoms with Crippen LogP contribution in [0, 0.1) is 12.8 Å². The van der Waals surface area contributed by atoms with E-state index in [1.54, 1.807) is 0 Å². The Bertz CT molecular complexity index is 385. The second-order valence-electron chi connectivity index (χ2n) is 5.68. The monoisotopic (exact) mass is 262 g/mol. The molecule has 1 unspecified atom stereocenters. The molecule has 1 atom stereocenters. The predicted octanol–water partition coefficient (Wildman–Crippen LogP) is 1.10. The van der Waals surface area contributed by atoms with Crippen molar-refractivity contribution in [3.63, 3.8) is 0 Å². The molecular formula is C15H26N4. The van der Waals surface area contributed by atoms with Crippen LogP contribution in [0.15, 0.2) is 18.3 Å². The maximum Gasteiger partial charge on any atom is 0.0573 e. The van der Waals surface area contributed by atoms with Gasteiger partial charge < -0.3 is 10.6 Å². The van der Waals surface area contributed by atoms with E-state index in [0.29, 0.717) is 5.92 Å². The van der Waals surface area contributed by atoms with Crippen LogP contribution in [0.4, 0.5) is 0 Å². The molecule has 106 valence electrons. The van der Waals surface area contributed by atoms with Gasteiger partial charge in [0.05, 0.1) is 5.69 Å². The molecular weight excluding hydrogens is 236 g/mol. The van der Waals surface area contributed by atoms with Crippen LogP contribution in [0.3, 0.4) is 0 Å². The molecule has 1 aliphatic heterocycles. The van der Waals surface area contributed by atoms with Gasteiger partial charge in [-0.3, -0.25) is 9.88 Å². The van der Waals surface area contributed by atoms with E-state index in [9.17, 15) is 0 Å². The number of hydrogen-bond acceptors (Lipinski definition) is 4. The third kappa shape index (κ3) is 4.27. The number of aryl methyl sites for hydroxylation is 1. The predicted molar refractivity (Wildman–Crippen MR) is 78.9 cm³/mol. The zero-order valence-corrected chi connectivity index (χ0v) is 12.2. The van der Waals surface area contributed by atoms with Crippen LogP contribution in [-0.4, -0.2) is 54.1 Å². The first kappa shape index (κ1) is 14.4. The van der Waals surface area contributed by atoms with Gasteiger partial charge in [-0.25, -0.2) is 0 Å². The van der Waals surface area contributed by atoms with E-state index < -0.39 is 0 Å². The van der Waals surface area contributed by atoms with Gasteiger partial charge >= 0.3 is 0 Å². The SMILES string of the molecule is Cc1cccnc1CN1CCN(CC(C)CN)CC1. The van der Waals surface area contributed by atoms with E-state index in [2.05, 4.69) is 34.7 Å². The Morgan fingerprint density at radius 1 is 1.26 bits per heavy atom. The van der Waals surface area contributed by atoms with Crippen molar-refractivity contribution in [2.75, 3.05) is 39.3 Å². The molecule has 0 amide bonds. The van der Waals surface area contributed by atoms with Crippen molar-refractivity contribution >= 4 is 0 Å². The molecule has 1 aromatic heterocycles. The van der Waals surface area contributed by atoms with Gasteiger partial charge in [-0.1, -0.05) is 13.0 Å². The first-order valence-corrected chi connectivity index (χ1v) is 7.24. The average Bonchev–Trinajstić information content (AvgIpc) is 2.43. The second kappa shape index (κ2) is 6.98. The first-order valence-electron chi connectivity index (χ1n) is 7.24. The highest BCUT2D eigenvalue weighted by atomic mass is 15.3. The van der Waals surface area contributed by atoms with Crippen LogP contribution < -0.4 is 5.73 Å². The van der Waals surface area contributed by atoms with E-state index in [1.807, 2.05) is 12.3 Å². The van der Waals surface area contributed by atoms with Gasteiger partial charge in [-0.05, 0) is 31.0 Å². The molecule has 1 saturated heterocycles. The minimum absolute atomic E-state index is 0.601. The molecule has 0 saturated carbocycles. The molecule has 4 heteroatoms. The molecule has 2 N–H and O–H groups in total. The summed E-state index contributed by atoms with van der Waals surface area (Å²) in [4.78, 5) is 9.51. The molecule has 1 aliphatic rings. The number of nitrogens with two attached hydrogens (primary N) is 1. The van der Waals surface area contributed by atoms with E-state index >= 15 is 0 Å². The summed E-state index contributed by atoms with van der Waals surface area (Å²) in [6.07, 6.45) is 1.89. The number of rotatable bonds is 5. The fourth-order valence-corrected chi connectivity index (χ4v) is 2.54. The van der Waals surface area contributed by atoms with E-state index in [1.165, 1.54) is 11.3 Å². The Labute approximate surface area is 116 Å². The lowest BCUT2D eigenvalue weighted by molar-refractivity contribution is 0.115. The smallest absolute Gasteiger partial charge is 0.0573 e. The van der Waals surface area contributed by atoms with Crippen LogP contribution in [0.25, 0.3) is 0 Å². The van der Waals surface area contributed by atoms with Crippen LogP contribution in [-0.2, 0) is 6.54 Å². The van der Waals surface area contributed by atoms with Crippen LogP contribution in [0.1, 0.15) is 18.2 Å². The summed E-state index contributed by atoms with van der Waals surface area (Å²) in [5.74, 6) is 0.601. The Morgan fingerprint density at radius 3 is 2.58 bits per heavy atom. The van der Waals surface area contributed by atoms with E-state index in [-0.39, 0.29) is 0 Å². The molecule has 2 rings (SSSR count). The highest BCUT2D eigenvalue weighted by molar-refractivity contribution is 5.17. The molecule has 1 fully saturated rings. The molecule has 0 aromatic carbocycles. The standard InChI is InChI=1S/C15H26N4/c1-13(10-16)11-18-6-8-19(9-7-18)12-15-14(2)4-3-5-17-15/h3-5,13H,6-12,16H2,1-2H3. The fourth-order valence-electron chi connectivity index (χ4n) is 2.54. The van der Waals surface area contributed by atoms with Crippen molar-refractivity contribution in [2.45, 2.75) is 20.4 Å². The number of nitrogens with zero attached hydrogens (tertiary/aromatic N) is 3. The summed E-state index contributed by atoms with van der Waals surface area (Å²) in [5, 5.41) is 0. The summed E-state index contributed by atoms with van der Waals surface area (Å²) >= 11 is 0. The number of piperazine rings is 1. The highest BCUT2D eigenvalue weighted by Gasteiger charge is 2.18. The van der Waals surface area contributed by atoms with Crippen molar-refractivity contribution in [3.8, 4) is 0 Å². The van der Waals surface area contributed by atoms with Gasteiger partial charge in [-0.2, -0.15) is 0 Å². The fraction of sp³-hybridized carbons (Fsp3) is 0.667. The molecule has 0 aliphatic carbocycles. The van der Waals surface area contributed by atoms with Crippen LogP contribution in [0.5, 0.6) is 0 Å².